The van der Waals surface area contributed by atoms with Gasteiger partial charge < -0.3 is 4.57 Å². The van der Waals surface area contributed by atoms with Crippen LogP contribution >= 0.6 is 11.3 Å². The van der Waals surface area contributed by atoms with Gasteiger partial charge in [0, 0.05) is 36.6 Å². The maximum atomic E-state index is 2.44. The second-order valence-electron chi connectivity index (χ2n) is 14.8. The predicted octanol–water partition coefficient (Wildman–Crippen LogP) is 15.4. The molecule has 56 heavy (non-hydrogen) atoms. The van der Waals surface area contributed by atoms with Crippen LogP contribution in [0.4, 0.5) is 0 Å². The monoisotopic (exact) mass is 731 g/mol. The minimum Gasteiger partial charge on any atom is -0.309 e. The van der Waals surface area contributed by atoms with Crippen molar-refractivity contribution in [3.63, 3.8) is 0 Å². The number of para-hydroxylation sites is 1. The highest BCUT2D eigenvalue weighted by Crippen LogP contribution is 2.41. The molecule has 0 aliphatic heterocycles. The molecule has 8 aromatic carbocycles. The molecule has 0 unspecified atom stereocenters. The summed E-state index contributed by atoms with van der Waals surface area (Å²) in [6.45, 7) is 0. The number of aromatic nitrogens is 1. The van der Waals surface area contributed by atoms with Gasteiger partial charge in [0.15, 0.2) is 0 Å². The van der Waals surface area contributed by atoms with Gasteiger partial charge in [0.1, 0.15) is 0 Å². The normalized spacial score (nSPS) is 13.1. The molecular weight excluding hydrogens is 695 g/mol. The summed E-state index contributed by atoms with van der Waals surface area (Å²) in [5.74, 6) is 0. The first kappa shape index (κ1) is 32.7. The minimum atomic E-state index is 1.06. The first-order chi connectivity index (χ1) is 27.7. The fraction of sp³-hybridized carbons (Fsp3) is 0.0370. The molecule has 1 aliphatic carbocycles. The van der Waals surface area contributed by atoms with E-state index in [9.17, 15) is 0 Å². The SMILES string of the molecule is C1=C(c2ccccc2)C=C(c2cccc(-c3cccc(-c4ccc5sc6ccc(-n7c8ccccc8c8cc(-c9ccccc9)ccc87)cc6c5c4)c3)c2)CC1. The fourth-order valence-electron chi connectivity index (χ4n) is 8.68. The van der Waals surface area contributed by atoms with Gasteiger partial charge in [-0.2, -0.15) is 0 Å². The maximum absolute atomic E-state index is 2.44. The van der Waals surface area contributed by atoms with Crippen molar-refractivity contribution in [2.24, 2.45) is 0 Å². The number of rotatable bonds is 6. The van der Waals surface area contributed by atoms with Crippen molar-refractivity contribution in [3.8, 4) is 39.1 Å². The molecule has 0 bridgehead atoms. The Morgan fingerprint density at radius 1 is 0.375 bits per heavy atom. The average Bonchev–Trinajstić information content (AvgIpc) is 3.81. The molecule has 2 aromatic heterocycles. The molecule has 2 heterocycles. The third kappa shape index (κ3) is 5.70. The van der Waals surface area contributed by atoms with E-state index in [1.165, 1.54) is 103 Å². The molecule has 10 aromatic rings. The number of hydrogen-bond donors (Lipinski definition) is 0. The van der Waals surface area contributed by atoms with Crippen LogP contribution in [0.15, 0.2) is 200 Å². The number of fused-ring (bicyclic) bond motifs is 6. The van der Waals surface area contributed by atoms with Gasteiger partial charge in [-0.25, -0.2) is 0 Å². The summed E-state index contributed by atoms with van der Waals surface area (Å²) in [7, 11) is 0. The van der Waals surface area contributed by atoms with Gasteiger partial charge >= 0.3 is 0 Å². The Morgan fingerprint density at radius 2 is 0.929 bits per heavy atom. The Kier molecular flexibility index (Phi) is 7.89. The summed E-state index contributed by atoms with van der Waals surface area (Å²) in [4.78, 5) is 0. The van der Waals surface area contributed by atoms with E-state index in [-0.39, 0.29) is 0 Å². The van der Waals surface area contributed by atoms with Crippen molar-refractivity contribution in [1.29, 1.82) is 0 Å². The zero-order chi connectivity index (χ0) is 37.0. The van der Waals surface area contributed by atoms with Crippen LogP contribution in [0.5, 0.6) is 0 Å². The molecule has 0 radical (unpaired) electrons. The molecule has 1 nitrogen and oxygen atoms in total. The lowest BCUT2D eigenvalue weighted by Gasteiger charge is -2.16. The van der Waals surface area contributed by atoms with Crippen LogP contribution in [-0.2, 0) is 0 Å². The molecule has 0 N–H and O–H groups in total. The largest absolute Gasteiger partial charge is 0.309 e. The Labute approximate surface area is 330 Å². The first-order valence-electron chi connectivity index (χ1n) is 19.5. The lowest BCUT2D eigenvalue weighted by Crippen LogP contribution is -1.93. The highest BCUT2D eigenvalue weighted by Gasteiger charge is 2.16. The van der Waals surface area contributed by atoms with Crippen LogP contribution in [0.3, 0.4) is 0 Å². The van der Waals surface area contributed by atoms with Gasteiger partial charge in [-0.1, -0.05) is 140 Å². The van der Waals surface area contributed by atoms with Crippen molar-refractivity contribution in [3.05, 3.63) is 211 Å². The number of benzene rings is 8. The van der Waals surface area contributed by atoms with Gasteiger partial charge in [0.25, 0.3) is 0 Å². The zero-order valence-corrected chi connectivity index (χ0v) is 31.6. The number of hydrogen-bond acceptors (Lipinski definition) is 1. The minimum absolute atomic E-state index is 1.06. The maximum Gasteiger partial charge on any atom is 0.0541 e. The molecule has 0 atom stereocenters. The molecular formula is C54H37NS. The second-order valence-corrected chi connectivity index (χ2v) is 15.9. The van der Waals surface area contributed by atoms with Crippen LogP contribution in [-0.4, -0.2) is 4.57 Å². The van der Waals surface area contributed by atoms with Gasteiger partial charge in [0.05, 0.1) is 11.0 Å². The Balaban J connectivity index is 0.965. The molecule has 0 saturated heterocycles. The smallest absolute Gasteiger partial charge is 0.0541 e. The van der Waals surface area contributed by atoms with Crippen LogP contribution in [0.1, 0.15) is 24.0 Å². The summed E-state index contributed by atoms with van der Waals surface area (Å²) in [5, 5.41) is 5.14. The van der Waals surface area contributed by atoms with Crippen molar-refractivity contribution >= 4 is 64.5 Å². The van der Waals surface area contributed by atoms with E-state index in [1.54, 1.807) is 0 Å². The van der Waals surface area contributed by atoms with E-state index in [0.717, 1.165) is 12.8 Å². The molecule has 0 fully saturated rings. The van der Waals surface area contributed by atoms with Crippen molar-refractivity contribution in [2.45, 2.75) is 12.8 Å². The quantitative estimate of drug-likeness (QED) is 0.160. The molecule has 11 rings (SSSR count). The number of allylic oxidation sites excluding steroid dienone is 4. The summed E-state index contributed by atoms with van der Waals surface area (Å²) in [5.41, 5.74) is 16.3. The van der Waals surface area contributed by atoms with Crippen LogP contribution in [0.25, 0.3) is 92.2 Å². The molecule has 264 valence electrons. The summed E-state index contributed by atoms with van der Waals surface area (Å²) in [6, 6.07) is 69.2. The van der Waals surface area contributed by atoms with Gasteiger partial charge in [-0.05, 0) is 129 Å². The third-order valence-corrected chi connectivity index (χ3v) is 12.6. The lowest BCUT2D eigenvalue weighted by molar-refractivity contribution is 1.06. The molecule has 0 saturated carbocycles. The Bertz CT molecular complexity index is 3180. The molecule has 1 aliphatic rings. The van der Waals surface area contributed by atoms with Gasteiger partial charge in [-0.15, -0.1) is 11.3 Å². The molecule has 2 heteroatoms. The lowest BCUT2D eigenvalue weighted by atomic mass is 9.89. The highest BCUT2D eigenvalue weighted by molar-refractivity contribution is 7.25. The number of thiophene rings is 1. The van der Waals surface area contributed by atoms with E-state index in [1.807, 2.05) is 11.3 Å². The van der Waals surface area contributed by atoms with E-state index in [2.05, 4.69) is 205 Å². The number of nitrogens with zero attached hydrogens (tertiary/aromatic N) is 1. The Morgan fingerprint density at radius 3 is 1.71 bits per heavy atom. The second kappa shape index (κ2) is 13.5. The van der Waals surface area contributed by atoms with Crippen LogP contribution in [0.2, 0.25) is 0 Å². The summed E-state index contributed by atoms with van der Waals surface area (Å²) < 4.78 is 5.05. The van der Waals surface area contributed by atoms with Crippen molar-refractivity contribution in [2.75, 3.05) is 0 Å². The zero-order valence-electron chi connectivity index (χ0n) is 30.8. The molecule has 0 spiro atoms. The first-order valence-corrected chi connectivity index (χ1v) is 20.3. The topological polar surface area (TPSA) is 4.93 Å². The van der Waals surface area contributed by atoms with E-state index < -0.39 is 0 Å². The van der Waals surface area contributed by atoms with Crippen molar-refractivity contribution in [1.82, 2.24) is 4.57 Å². The van der Waals surface area contributed by atoms with Crippen LogP contribution in [0, 0.1) is 0 Å². The fourth-order valence-corrected chi connectivity index (χ4v) is 9.75. The van der Waals surface area contributed by atoms with Crippen LogP contribution < -0.4 is 0 Å². The van der Waals surface area contributed by atoms with E-state index in [0.29, 0.717) is 0 Å². The predicted molar refractivity (Wildman–Crippen MR) is 242 cm³/mol. The highest BCUT2D eigenvalue weighted by atomic mass is 32.1. The Hall–Kier alpha value is -6.74. The average molecular weight is 732 g/mol. The van der Waals surface area contributed by atoms with E-state index in [4.69, 9.17) is 0 Å². The summed E-state index contributed by atoms with van der Waals surface area (Å²) >= 11 is 1.87. The third-order valence-electron chi connectivity index (χ3n) is 11.5. The van der Waals surface area contributed by atoms with Gasteiger partial charge in [-0.3, -0.25) is 0 Å². The van der Waals surface area contributed by atoms with E-state index >= 15 is 0 Å². The molecule has 0 amide bonds. The summed E-state index contributed by atoms with van der Waals surface area (Å²) in [6.07, 6.45) is 6.86. The van der Waals surface area contributed by atoms with Crippen molar-refractivity contribution < 1.29 is 0 Å². The van der Waals surface area contributed by atoms with Gasteiger partial charge in [0.2, 0.25) is 0 Å². The standard InChI is InChI=1S/C54H37NS/c1-3-12-36(13-4-1)38-16-9-17-39(30-38)40-18-10-19-41(31-40)42-20-11-21-43(32-42)45-25-28-53-49(34-45)50-35-46(26-29-54(50)56-53)55-51-23-8-7-22-47(51)48-33-44(24-27-52(48)55)37-14-5-2-6-15-37/h1-8,10-16,18-35H,9,17H2.